The molecule has 2 atom stereocenters. The molecule has 55 heavy (non-hydrogen) atoms. The van der Waals surface area contributed by atoms with Gasteiger partial charge in [0.25, 0.3) is 0 Å². The van der Waals surface area contributed by atoms with Crippen LogP contribution < -0.4 is 35.2 Å². The predicted molar refractivity (Wildman–Crippen MR) is 214 cm³/mol. The van der Waals surface area contributed by atoms with Crippen molar-refractivity contribution in [1.29, 1.82) is 0 Å². The first-order chi connectivity index (χ1) is 26.7. The Labute approximate surface area is 327 Å². The van der Waals surface area contributed by atoms with Crippen molar-refractivity contribution < 1.29 is 23.9 Å². The van der Waals surface area contributed by atoms with E-state index in [1.165, 1.54) is 0 Å². The van der Waals surface area contributed by atoms with Crippen LogP contribution in [0.5, 0.6) is 11.5 Å². The highest BCUT2D eigenvalue weighted by atomic mass is 35.5. The summed E-state index contributed by atoms with van der Waals surface area (Å²) in [5.41, 5.74) is 3.67. The summed E-state index contributed by atoms with van der Waals surface area (Å²) in [5.74, 6) is 2.10. The molecular formula is C41H49ClN8O5. The number of carbonyl (C=O) groups excluding carboxylic acids is 3. The number of carbonyl (C=O) groups is 3. The van der Waals surface area contributed by atoms with Crippen LogP contribution in [0.3, 0.4) is 0 Å². The van der Waals surface area contributed by atoms with E-state index in [-0.39, 0.29) is 36.0 Å². The molecule has 2 saturated heterocycles. The molecule has 0 unspecified atom stereocenters. The van der Waals surface area contributed by atoms with Crippen LogP contribution in [0.4, 0.5) is 23.1 Å². The molecule has 290 valence electrons. The van der Waals surface area contributed by atoms with Gasteiger partial charge in [-0.25, -0.2) is 4.98 Å². The molecule has 3 amide bonds. The minimum Gasteiger partial charge on any atom is -0.497 e. The number of piperidine rings is 1. The number of hydrogen-bond donors (Lipinski definition) is 3. The molecule has 0 aliphatic carbocycles. The summed E-state index contributed by atoms with van der Waals surface area (Å²) in [5, 5.41) is 9.78. The molecule has 0 bridgehead atoms. The SMILES string of the molecule is COc1ccc(CNC(=O)C[C@H]2C[C@@H](CC(=O)NCc3ccccc3)CN(c3nc(Nc4ccc(N5CCN(C(C)=O)CC5)cc4OC)ncc3Cl)C2)cc1. The van der Waals surface area contributed by atoms with Gasteiger partial charge in [0.05, 0.1) is 26.1 Å². The molecule has 3 heterocycles. The number of ether oxygens (including phenoxy) is 2. The van der Waals surface area contributed by atoms with Crippen LogP contribution in [0.15, 0.2) is 79.0 Å². The second-order valence-corrected chi connectivity index (χ2v) is 14.4. The maximum atomic E-state index is 13.3. The molecule has 0 radical (unpaired) electrons. The summed E-state index contributed by atoms with van der Waals surface area (Å²) in [7, 11) is 3.23. The fourth-order valence-electron chi connectivity index (χ4n) is 7.22. The number of piperazine rings is 1. The Morgan fingerprint density at radius 2 is 1.44 bits per heavy atom. The number of aromatic nitrogens is 2. The number of methoxy groups -OCH3 is 2. The maximum Gasteiger partial charge on any atom is 0.229 e. The molecular weight excluding hydrogens is 720 g/mol. The summed E-state index contributed by atoms with van der Waals surface area (Å²) in [4.78, 5) is 53.7. The zero-order valence-electron chi connectivity index (χ0n) is 31.6. The Morgan fingerprint density at radius 3 is 2.04 bits per heavy atom. The Bertz CT molecular complexity index is 1920. The largest absolute Gasteiger partial charge is 0.497 e. The molecule has 2 aliphatic rings. The van der Waals surface area contributed by atoms with Crippen molar-refractivity contribution in [1.82, 2.24) is 25.5 Å². The molecule has 3 aromatic carbocycles. The lowest BCUT2D eigenvalue weighted by atomic mass is 9.85. The summed E-state index contributed by atoms with van der Waals surface area (Å²) in [6, 6.07) is 23.3. The number of hydrogen-bond acceptors (Lipinski definition) is 10. The van der Waals surface area contributed by atoms with Gasteiger partial charge in [-0.15, -0.1) is 0 Å². The Kier molecular flexibility index (Phi) is 13.3. The van der Waals surface area contributed by atoms with Gasteiger partial charge in [-0.1, -0.05) is 54.1 Å². The number of halogens is 1. The zero-order chi connectivity index (χ0) is 38.7. The number of benzene rings is 3. The van der Waals surface area contributed by atoms with Crippen molar-refractivity contribution in [3.8, 4) is 11.5 Å². The Hall–Kier alpha value is -5.56. The van der Waals surface area contributed by atoms with E-state index in [2.05, 4.69) is 30.7 Å². The third kappa shape index (κ3) is 10.8. The number of nitrogens with one attached hydrogen (secondary N) is 3. The molecule has 14 heteroatoms. The molecule has 0 spiro atoms. The summed E-state index contributed by atoms with van der Waals surface area (Å²) in [6.45, 7) is 6.32. The van der Waals surface area contributed by atoms with E-state index >= 15 is 0 Å². The minimum atomic E-state index is -0.0673. The van der Waals surface area contributed by atoms with Crippen molar-refractivity contribution >= 4 is 52.5 Å². The number of amides is 3. The van der Waals surface area contributed by atoms with Crippen LogP contribution in [0.2, 0.25) is 5.02 Å². The number of nitrogens with zero attached hydrogens (tertiary/aromatic N) is 5. The van der Waals surface area contributed by atoms with Gasteiger partial charge in [0.2, 0.25) is 23.7 Å². The highest BCUT2D eigenvalue weighted by molar-refractivity contribution is 6.32. The van der Waals surface area contributed by atoms with Gasteiger partial charge in [-0.2, -0.15) is 4.98 Å². The van der Waals surface area contributed by atoms with E-state index in [0.717, 1.165) is 35.7 Å². The zero-order valence-corrected chi connectivity index (χ0v) is 32.3. The lowest BCUT2D eigenvalue weighted by molar-refractivity contribution is -0.129. The Morgan fingerprint density at radius 1 is 0.800 bits per heavy atom. The van der Waals surface area contributed by atoms with E-state index < -0.39 is 0 Å². The standard InChI is InChI=1S/C41H49ClN8O5/c1-28(51)48-15-17-49(18-16-48)33-11-14-36(37(22-33)55-3)46-41-45-25-35(42)40(47-41)50-26-31(20-38(52)43-23-29-7-5-4-6-8-29)19-32(27-50)21-39(53)44-24-30-9-12-34(54-2)13-10-30/h4-14,22,25,31-32H,15-21,23-24,26-27H2,1-3H3,(H,43,52)(H,44,53)(H,45,46,47)/t31-,32+/m0/s1. The fourth-order valence-corrected chi connectivity index (χ4v) is 7.43. The van der Waals surface area contributed by atoms with Crippen LogP contribution in [-0.2, 0) is 27.5 Å². The topological polar surface area (TPSA) is 141 Å². The molecule has 2 fully saturated rings. The Balaban J connectivity index is 1.15. The quantitative estimate of drug-likeness (QED) is 0.153. The first-order valence-electron chi connectivity index (χ1n) is 18.6. The van der Waals surface area contributed by atoms with Gasteiger partial charge >= 0.3 is 0 Å². The van der Waals surface area contributed by atoms with Gasteiger partial charge in [0, 0.05) is 83.9 Å². The van der Waals surface area contributed by atoms with Crippen LogP contribution in [0.1, 0.15) is 37.3 Å². The van der Waals surface area contributed by atoms with Crippen LogP contribution >= 0.6 is 11.6 Å². The van der Waals surface area contributed by atoms with Gasteiger partial charge in [0.1, 0.15) is 16.5 Å². The second kappa shape index (κ2) is 18.7. The van der Waals surface area contributed by atoms with Gasteiger partial charge in [0.15, 0.2) is 5.82 Å². The predicted octanol–water partition coefficient (Wildman–Crippen LogP) is 5.41. The number of rotatable bonds is 14. The van der Waals surface area contributed by atoms with Crippen molar-refractivity contribution in [2.75, 3.05) is 68.6 Å². The van der Waals surface area contributed by atoms with Crippen LogP contribution in [0, 0.1) is 11.8 Å². The molecule has 1 aromatic heterocycles. The van der Waals surface area contributed by atoms with E-state index in [1.807, 2.05) is 77.7 Å². The minimum absolute atomic E-state index is 0.0451. The van der Waals surface area contributed by atoms with E-state index in [9.17, 15) is 14.4 Å². The third-order valence-corrected chi connectivity index (χ3v) is 10.4. The summed E-state index contributed by atoms with van der Waals surface area (Å²) >= 11 is 6.77. The number of anilines is 4. The first-order valence-corrected chi connectivity index (χ1v) is 19.0. The van der Waals surface area contributed by atoms with Crippen molar-refractivity contribution in [2.45, 2.75) is 39.3 Å². The first kappa shape index (κ1) is 39.1. The van der Waals surface area contributed by atoms with Gasteiger partial charge in [-0.3, -0.25) is 14.4 Å². The maximum absolute atomic E-state index is 13.3. The monoisotopic (exact) mass is 768 g/mol. The summed E-state index contributed by atoms with van der Waals surface area (Å²) < 4.78 is 11.0. The lowest BCUT2D eigenvalue weighted by Gasteiger charge is -2.38. The fraction of sp³-hybridized carbons (Fsp3) is 0.390. The third-order valence-electron chi connectivity index (χ3n) is 10.1. The van der Waals surface area contributed by atoms with Crippen molar-refractivity contribution in [3.63, 3.8) is 0 Å². The average Bonchev–Trinajstić information content (AvgIpc) is 3.20. The lowest BCUT2D eigenvalue weighted by Crippen LogP contribution is -2.48. The molecule has 0 saturated carbocycles. The van der Waals surface area contributed by atoms with Crippen LogP contribution in [0.25, 0.3) is 0 Å². The molecule has 3 N–H and O–H groups in total. The molecule has 4 aromatic rings. The molecule has 6 rings (SSSR count). The van der Waals surface area contributed by atoms with Crippen molar-refractivity contribution in [3.05, 3.63) is 95.1 Å². The van der Waals surface area contributed by atoms with Crippen molar-refractivity contribution in [2.24, 2.45) is 11.8 Å². The van der Waals surface area contributed by atoms with E-state index in [4.69, 9.17) is 26.1 Å². The molecule has 2 aliphatic heterocycles. The molecule has 13 nitrogen and oxygen atoms in total. The van der Waals surface area contributed by atoms with Gasteiger partial charge < -0.3 is 40.1 Å². The highest BCUT2D eigenvalue weighted by Crippen LogP contribution is 2.35. The highest BCUT2D eigenvalue weighted by Gasteiger charge is 2.32. The second-order valence-electron chi connectivity index (χ2n) is 14.0. The van der Waals surface area contributed by atoms with E-state index in [0.29, 0.717) is 80.3 Å². The van der Waals surface area contributed by atoms with E-state index in [1.54, 1.807) is 27.3 Å². The van der Waals surface area contributed by atoms with Gasteiger partial charge in [-0.05, 0) is 53.6 Å². The summed E-state index contributed by atoms with van der Waals surface area (Å²) in [6.07, 6.45) is 2.85. The normalized spacial score (nSPS) is 17.0. The van der Waals surface area contributed by atoms with Crippen LogP contribution in [-0.4, -0.2) is 86.1 Å². The smallest absolute Gasteiger partial charge is 0.229 e. The average molecular weight is 769 g/mol.